The molecule has 2 nitrogen and oxygen atoms in total. The lowest BCUT2D eigenvalue weighted by molar-refractivity contribution is 0.555. The normalized spacial score (nSPS) is 12.6. The predicted molar refractivity (Wildman–Crippen MR) is 86.6 cm³/mol. The van der Waals surface area contributed by atoms with E-state index in [1.807, 2.05) is 29.5 Å². The number of hydrogen-bond acceptors (Lipinski definition) is 3. The van der Waals surface area contributed by atoms with E-state index in [-0.39, 0.29) is 6.04 Å². The Bertz CT molecular complexity index is 556. The van der Waals surface area contributed by atoms with Crippen LogP contribution in [0.25, 0.3) is 0 Å². The molecule has 0 fully saturated rings. The molecule has 0 spiro atoms. The second-order valence-corrected chi connectivity index (χ2v) is 6.83. The average molecular weight is 360 g/mol. The molecule has 102 valence electrons. The molecule has 0 saturated carbocycles. The molecule has 5 heteroatoms. The molecule has 1 aromatic heterocycles. The van der Waals surface area contributed by atoms with Crippen molar-refractivity contribution in [1.82, 2.24) is 5.43 Å². The van der Waals surface area contributed by atoms with Crippen LogP contribution in [0.5, 0.6) is 0 Å². The van der Waals surface area contributed by atoms with Crippen LogP contribution in [-0.2, 0) is 12.8 Å². The Hall–Kier alpha value is -0.390. The maximum absolute atomic E-state index is 6.13. The summed E-state index contributed by atoms with van der Waals surface area (Å²) in [5.74, 6) is 5.68. The summed E-state index contributed by atoms with van der Waals surface area (Å²) in [5, 5.41) is 0.707. The van der Waals surface area contributed by atoms with E-state index in [0.29, 0.717) is 5.02 Å². The molecule has 3 N–H and O–H groups in total. The minimum absolute atomic E-state index is 0.0777. The minimum Gasteiger partial charge on any atom is -0.271 e. The number of nitrogens with two attached hydrogens (primary N) is 1. The third-order valence-electron chi connectivity index (χ3n) is 3.02. The van der Waals surface area contributed by atoms with Gasteiger partial charge in [-0.25, -0.2) is 0 Å². The molecule has 0 aliphatic rings. The number of nitrogens with one attached hydrogen (secondary N) is 1. The van der Waals surface area contributed by atoms with Gasteiger partial charge in [0.25, 0.3) is 0 Å². The molecular weight excluding hydrogens is 344 g/mol. The van der Waals surface area contributed by atoms with E-state index < -0.39 is 0 Å². The zero-order chi connectivity index (χ0) is 13.8. The Morgan fingerprint density at radius 2 is 2.05 bits per heavy atom. The van der Waals surface area contributed by atoms with E-state index in [9.17, 15) is 0 Å². The lowest BCUT2D eigenvalue weighted by Gasteiger charge is -2.16. The van der Waals surface area contributed by atoms with Crippen molar-refractivity contribution in [3.05, 3.63) is 55.1 Å². The summed E-state index contributed by atoms with van der Waals surface area (Å²) in [7, 11) is 0. The fourth-order valence-corrected chi connectivity index (χ4v) is 3.36. The van der Waals surface area contributed by atoms with Gasteiger partial charge in [-0.15, -0.1) is 11.3 Å². The van der Waals surface area contributed by atoms with Gasteiger partial charge in [-0.05, 0) is 52.2 Å². The molecule has 19 heavy (non-hydrogen) atoms. The van der Waals surface area contributed by atoms with Crippen molar-refractivity contribution in [2.45, 2.75) is 25.8 Å². The highest BCUT2D eigenvalue weighted by atomic mass is 79.9. The molecule has 0 aliphatic heterocycles. The number of hydrogen-bond donors (Lipinski definition) is 2. The summed E-state index contributed by atoms with van der Waals surface area (Å²) in [6.07, 6.45) is 1.95. The zero-order valence-corrected chi connectivity index (χ0v) is 13.8. The van der Waals surface area contributed by atoms with E-state index >= 15 is 0 Å². The maximum atomic E-state index is 6.13. The third kappa shape index (κ3) is 3.80. The monoisotopic (exact) mass is 358 g/mol. The van der Waals surface area contributed by atoms with Crippen LogP contribution in [0.3, 0.4) is 0 Å². The Labute approximate surface area is 131 Å². The van der Waals surface area contributed by atoms with E-state index in [1.54, 1.807) is 0 Å². The lowest BCUT2D eigenvalue weighted by atomic mass is 10.0. The largest absolute Gasteiger partial charge is 0.271 e. The van der Waals surface area contributed by atoms with Gasteiger partial charge in [-0.3, -0.25) is 11.3 Å². The van der Waals surface area contributed by atoms with E-state index in [2.05, 4.69) is 40.4 Å². The van der Waals surface area contributed by atoms with Gasteiger partial charge >= 0.3 is 0 Å². The Kier molecular flexibility index (Phi) is 5.42. The molecule has 0 bridgehead atoms. The van der Waals surface area contributed by atoms with Gasteiger partial charge in [-0.1, -0.05) is 24.6 Å². The fourth-order valence-electron chi connectivity index (χ4n) is 1.93. The first-order valence-electron chi connectivity index (χ1n) is 6.12. The number of benzene rings is 1. The first-order chi connectivity index (χ1) is 9.13. The van der Waals surface area contributed by atoms with Gasteiger partial charge in [0, 0.05) is 20.6 Å². The molecule has 1 unspecified atom stereocenters. The summed E-state index contributed by atoms with van der Waals surface area (Å²) in [6.45, 7) is 2.17. The highest BCUT2D eigenvalue weighted by Gasteiger charge is 2.13. The van der Waals surface area contributed by atoms with Gasteiger partial charge in [-0.2, -0.15) is 0 Å². The molecule has 0 aliphatic carbocycles. The fraction of sp³-hybridized carbons (Fsp3) is 0.286. The van der Waals surface area contributed by atoms with Crippen molar-refractivity contribution >= 4 is 38.9 Å². The first kappa shape index (κ1) is 15.0. The van der Waals surface area contributed by atoms with E-state index in [4.69, 9.17) is 17.4 Å². The summed E-state index contributed by atoms with van der Waals surface area (Å²) in [4.78, 5) is 2.73. The van der Waals surface area contributed by atoms with Crippen LogP contribution in [0.4, 0.5) is 0 Å². The van der Waals surface area contributed by atoms with Crippen LogP contribution >= 0.6 is 38.9 Å². The summed E-state index contributed by atoms with van der Waals surface area (Å²) >= 11 is 11.4. The highest BCUT2D eigenvalue weighted by Crippen LogP contribution is 2.28. The standard InChI is InChI=1S/C14H16BrClN2S/c1-2-10-4-5-11(19-10)8-14(18-17)9-3-6-12(15)13(16)7-9/h3-7,14,18H,2,8,17H2,1H3. The Morgan fingerprint density at radius 1 is 1.32 bits per heavy atom. The molecule has 1 heterocycles. The number of halogens is 2. The van der Waals surface area contributed by atoms with Crippen molar-refractivity contribution in [1.29, 1.82) is 0 Å². The van der Waals surface area contributed by atoms with Crippen molar-refractivity contribution in [2.24, 2.45) is 5.84 Å². The topological polar surface area (TPSA) is 38.0 Å². The molecule has 1 aromatic carbocycles. The number of hydrazine groups is 1. The number of thiophene rings is 1. The maximum Gasteiger partial charge on any atom is 0.0551 e. The van der Waals surface area contributed by atoms with Gasteiger partial charge in [0.2, 0.25) is 0 Å². The van der Waals surface area contributed by atoms with E-state index in [1.165, 1.54) is 9.75 Å². The second-order valence-electron chi connectivity index (χ2n) is 4.32. The molecule has 2 rings (SSSR count). The molecule has 0 saturated heterocycles. The van der Waals surface area contributed by atoms with E-state index in [0.717, 1.165) is 22.9 Å². The van der Waals surface area contributed by atoms with Gasteiger partial charge in [0.05, 0.1) is 11.1 Å². The number of aryl methyl sites for hydroxylation is 1. The van der Waals surface area contributed by atoms with Crippen molar-refractivity contribution in [3.8, 4) is 0 Å². The lowest BCUT2D eigenvalue weighted by Crippen LogP contribution is -2.29. The van der Waals surface area contributed by atoms with Crippen molar-refractivity contribution in [2.75, 3.05) is 0 Å². The minimum atomic E-state index is 0.0777. The second kappa shape index (κ2) is 6.86. The summed E-state index contributed by atoms with van der Waals surface area (Å²) in [5.41, 5.74) is 3.97. The van der Waals surface area contributed by atoms with Gasteiger partial charge in [0.1, 0.15) is 0 Å². The zero-order valence-electron chi connectivity index (χ0n) is 10.6. The molecule has 0 amide bonds. The van der Waals surface area contributed by atoms with Crippen LogP contribution in [0.15, 0.2) is 34.8 Å². The van der Waals surface area contributed by atoms with Crippen LogP contribution in [0.1, 0.15) is 28.3 Å². The van der Waals surface area contributed by atoms with Crippen LogP contribution in [0.2, 0.25) is 5.02 Å². The quantitative estimate of drug-likeness (QED) is 0.610. The van der Waals surface area contributed by atoms with Gasteiger partial charge < -0.3 is 0 Å². The smallest absolute Gasteiger partial charge is 0.0551 e. The predicted octanol–water partition coefficient (Wildman–Crippen LogP) is 4.47. The summed E-state index contributed by atoms with van der Waals surface area (Å²) in [6, 6.07) is 10.4. The highest BCUT2D eigenvalue weighted by molar-refractivity contribution is 9.10. The van der Waals surface area contributed by atoms with Crippen LogP contribution in [-0.4, -0.2) is 0 Å². The van der Waals surface area contributed by atoms with Gasteiger partial charge in [0.15, 0.2) is 0 Å². The average Bonchev–Trinajstić information content (AvgIpc) is 2.87. The Balaban J connectivity index is 2.17. The third-order valence-corrected chi connectivity index (χ3v) is 5.50. The molecular formula is C14H16BrClN2S. The number of rotatable bonds is 5. The molecule has 2 aromatic rings. The molecule has 1 atom stereocenters. The van der Waals surface area contributed by atoms with Crippen molar-refractivity contribution in [3.63, 3.8) is 0 Å². The van der Waals surface area contributed by atoms with Crippen LogP contribution < -0.4 is 11.3 Å². The first-order valence-corrected chi connectivity index (χ1v) is 8.11. The Morgan fingerprint density at radius 3 is 2.63 bits per heavy atom. The summed E-state index contributed by atoms with van der Waals surface area (Å²) < 4.78 is 0.901. The van der Waals surface area contributed by atoms with Crippen molar-refractivity contribution < 1.29 is 0 Å². The molecule has 0 radical (unpaired) electrons. The van der Waals surface area contributed by atoms with Crippen LogP contribution in [0, 0.1) is 0 Å². The SMILES string of the molecule is CCc1ccc(CC(NN)c2ccc(Br)c(Cl)c2)s1.